The van der Waals surface area contributed by atoms with E-state index >= 15 is 0 Å². The van der Waals surface area contributed by atoms with Gasteiger partial charge in [-0.2, -0.15) is 0 Å². The van der Waals surface area contributed by atoms with E-state index in [-0.39, 0.29) is 0 Å². The van der Waals surface area contributed by atoms with Gasteiger partial charge < -0.3 is 20.3 Å². The normalized spacial score (nSPS) is 15.5. The number of aromatic carboxylic acids is 1. The first-order chi connectivity index (χ1) is 11.2. The number of carboxylic acids is 1. The number of hydrogen-bond acceptors (Lipinski definition) is 3. The van der Waals surface area contributed by atoms with Crippen LogP contribution in [0.4, 0.5) is 0 Å². The Morgan fingerprint density at radius 2 is 2.00 bits per heavy atom. The van der Waals surface area contributed by atoms with Crippen LogP contribution in [0.2, 0.25) is 0 Å². The van der Waals surface area contributed by atoms with Crippen LogP contribution in [0.3, 0.4) is 0 Å². The lowest BCUT2D eigenvalue weighted by Crippen LogP contribution is -2.21. The van der Waals surface area contributed by atoms with E-state index in [1.165, 1.54) is 12.8 Å². The first-order valence-corrected chi connectivity index (χ1v) is 8.47. The summed E-state index contributed by atoms with van der Waals surface area (Å²) in [6.45, 7) is 4.81. The third-order valence-electron chi connectivity index (χ3n) is 4.71. The zero-order chi connectivity index (χ0) is 16.2. The highest BCUT2D eigenvalue weighted by molar-refractivity contribution is 6.04. The maximum absolute atomic E-state index is 11.6. The monoisotopic (exact) mass is 315 g/mol. The minimum Gasteiger partial charge on any atom is -0.478 e. The number of rotatable bonds is 7. The summed E-state index contributed by atoms with van der Waals surface area (Å²) in [5, 5.41) is 10.4. The van der Waals surface area contributed by atoms with Crippen LogP contribution in [0.25, 0.3) is 10.9 Å². The molecule has 3 rings (SSSR count). The fraction of sp³-hybridized carbons (Fsp3) is 0.500. The Labute approximate surface area is 136 Å². The average molecular weight is 315 g/mol. The van der Waals surface area contributed by atoms with Gasteiger partial charge in [0.25, 0.3) is 0 Å². The average Bonchev–Trinajstić information content (AvgIpc) is 3.18. The largest absolute Gasteiger partial charge is 0.478 e. The van der Waals surface area contributed by atoms with Gasteiger partial charge in [-0.05, 0) is 63.0 Å². The molecule has 1 aromatic heterocycles. The molecule has 124 valence electrons. The highest BCUT2D eigenvalue weighted by atomic mass is 16.4. The van der Waals surface area contributed by atoms with E-state index in [4.69, 9.17) is 5.73 Å². The Morgan fingerprint density at radius 1 is 1.22 bits per heavy atom. The number of carbonyl (C=O) groups is 1. The molecule has 0 saturated carbocycles. The first kappa shape index (κ1) is 16.0. The SMILES string of the molecule is NCCCn1cc(CCN2CCCC2)c2c(C(=O)O)cccc21. The van der Waals surface area contributed by atoms with E-state index in [0.717, 1.165) is 55.5 Å². The van der Waals surface area contributed by atoms with Crippen molar-refractivity contribution in [2.24, 2.45) is 5.73 Å². The minimum absolute atomic E-state index is 0.408. The fourth-order valence-corrected chi connectivity index (χ4v) is 3.54. The minimum atomic E-state index is -0.852. The molecule has 2 heterocycles. The summed E-state index contributed by atoms with van der Waals surface area (Å²) in [6, 6.07) is 5.55. The van der Waals surface area contributed by atoms with E-state index in [1.807, 2.05) is 12.1 Å². The molecular formula is C18H25N3O2. The summed E-state index contributed by atoms with van der Waals surface area (Å²) >= 11 is 0. The van der Waals surface area contributed by atoms with Crippen LogP contribution in [-0.4, -0.2) is 46.7 Å². The number of nitrogens with zero attached hydrogens (tertiary/aromatic N) is 2. The van der Waals surface area contributed by atoms with Gasteiger partial charge in [0.1, 0.15) is 0 Å². The molecule has 5 nitrogen and oxygen atoms in total. The molecule has 1 fully saturated rings. The standard InChI is InChI=1S/C18H25N3O2/c19-8-4-11-21-13-14(7-12-20-9-1-2-10-20)17-15(18(22)23)5-3-6-16(17)21/h3,5-6,13H,1-2,4,7-12,19H2,(H,22,23). The number of hydrogen-bond donors (Lipinski definition) is 2. The van der Waals surface area contributed by atoms with Gasteiger partial charge in [-0.15, -0.1) is 0 Å². The van der Waals surface area contributed by atoms with Crippen LogP contribution in [0, 0.1) is 0 Å². The zero-order valence-corrected chi connectivity index (χ0v) is 13.5. The van der Waals surface area contributed by atoms with Gasteiger partial charge in [-0.25, -0.2) is 4.79 Å². The van der Waals surface area contributed by atoms with Gasteiger partial charge in [0, 0.05) is 30.2 Å². The molecular weight excluding hydrogens is 290 g/mol. The van der Waals surface area contributed by atoms with Crippen LogP contribution in [0.15, 0.2) is 24.4 Å². The lowest BCUT2D eigenvalue weighted by molar-refractivity contribution is 0.0699. The number of aryl methyl sites for hydroxylation is 1. The molecule has 1 aromatic carbocycles. The lowest BCUT2D eigenvalue weighted by Gasteiger charge is -2.13. The Balaban J connectivity index is 1.94. The smallest absolute Gasteiger partial charge is 0.336 e. The van der Waals surface area contributed by atoms with Crippen molar-refractivity contribution in [2.45, 2.75) is 32.2 Å². The van der Waals surface area contributed by atoms with Crippen LogP contribution in [0.1, 0.15) is 35.2 Å². The third-order valence-corrected chi connectivity index (χ3v) is 4.71. The topological polar surface area (TPSA) is 71.5 Å². The number of carboxylic acid groups (broad SMARTS) is 1. The van der Waals surface area contributed by atoms with Crippen LogP contribution >= 0.6 is 0 Å². The van der Waals surface area contributed by atoms with Crippen molar-refractivity contribution in [1.29, 1.82) is 0 Å². The van der Waals surface area contributed by atoms with E-state index in [9.17, 15) is 9.90 Å². The third kappa shape index (κ3) is 3.41. The first-order valence-electron chi connectivity index (χ1n) is 8.47. The molecule has 0 spiro atoms. The molecule has 1 saturated heterocycles. The predicted molar refractivity (Wildman–Crippen MR) is 91.9 cm³/mol. The van der Waals surface area contributed by atoms with E-state index in [0.29, 0.717) is 12.1 Å². The van der Waals surface area contributed by atoms with Crippen LogP contribution < -0.4 is 5.73 Å². The van der Waals surface area contributed by atoms with Crippen molar-refractivity contribution in [3.63, 3.8) is 0 Å². The molecule has 3 N–H and O–H groups in total. The van der Waals surface area contributed by atoms with E-state index in [1.54, 1.807) is 6.07 Å². The van der Waals surface area contributed by atoms with Gasteiger partial charge in [-0.3, -0.25) is 0 Å². The summed E-state index contributed by atoms with van der Waals surface area (Å²) in [5.41, 5.74) is 8.19. The molecule has 0 atom stereocenters. The summed E-state index contributed by atoms with van der Waals surface area (Å²) in [5.74, 6) is -0.852. The van der Waals surface area contributed by atoms with Gasteiger partial charge in [0.05, 0.1) is 5.56 Å². The molecule has 0 amide bonds. The number of aromatic nitrogens is 1. The molecule has 2 aromatic rings. The highest BCUT2D eigenvalue weighted by Gasteiger charge is 2.18. The summed E-state index contributed by atoms with van der Waals surface area (Å²) in [7, 11) is 0. The Kier molecular flexibility index (Phi) is 4.98. The quantitative estimate of drug-likeness (QED) is 0.822. The second-order valence-electron chi connectivity index (χ2n) is 6.29. The maximum atomic E-state index is 11.6. The Morgan fingerprint density at radius 3 is 2.70 bits per heavy atom. The summed E-state index contributed by atoms with van der Waals surface area (Å²) in [6.07, 6.45) is 6.48. The molecule has 1 aliphatic rings. The molecule has 0 aliphatic carbocycles. The van der Waals surface area contributed by atoms with Crippen LogP contribution in [0.5, 0.6) is 0 Å². The summed E-state index contributed by atoms with van der Waals surface area (Å²) < 4.78 is 2.16. The van der Waals surface area contributed by atoms with Gasteiger partial charge in [0.2, 0.25) is 0 Å². The second-order valence-corrected chi connectivity index (χ2v) is 6.29. The van der Waals surface area contributed by atoms with E-state index in [2.05, 4.69) is 15.7 Å². The number of fused-ring (bicyclic) bond motifs is 1. The van der Waals surface area contributed by atoms with Crippen molar-refractivity contribution in [3.8, 4) is 0 Å². The van der Waals surface area contributed by atoms with Crippen molar-refractivity contribution in [1.82, 2.24) is 9.47 Å². The molecule has 5 heteroatoms. The van der Waals surface area contributed by atoms with Gasteiger partial charge >= 0.3 is 5.97 Å². The van der Waals surface area contributed by atoms with Gasteiger partial charge in [-0.1, -0.05) is 6.07 Å². The van der Waals surface area contributed by atoms with Crippen LogP contribution in [-0.2, 0) is 13.0 Å². The lowest BCUT2D eigenvalue weighted by atomic mass is 10.0. The molecule has 0 radical (unpaired) electrons. The fourth-order valence-electron chi connectivity index (χ4n) is 3.54. The predicted octanol–water partition coefficient (Wildman–Crippen LogP) is 2.33. The van der Waals surface area contributed by atoms with Crippen molar-refractivity contribution in [3.05, 3.63) is 35.5 Å². The number of nitrogens with two attached hydrogens (primary N) is 1. The number of benzene rings is 1. The Hall–Kier alpha value is -1.85. The second kappa shape index (κ2) is 7.15. The van der Waals surface area contributed by atoms with E-state index < -0.39 is 5.97 Å². The van der Waals surface area contributed by atoms with Crippen molar-refractivity contribution >= 4 is 16.9 Å². The van der Waals surface area contributed by atoms with Gasteiger partial charge in [0.15, 0.2) is 0 Å². The van der Waals surface area contributed by atoms with Crippen molar-refractivity contribution < 1.29 is 9.90 Å². The summed E-state index contributed by atoms with van der Waals surface area (Å²) in [4.78, 5) is 14.1. The maximum Gasteiger partial charge on any atom is 0.336 e. The zero-order valence-electron chi connectivity index (χ0n) is 13.5. The Bertz CT molecular complexity index is 687. The molecule has 0 unspecified atom stereocenters. The highest BCUT2D eigenvalue weighted by Crippen LogP contribution is 2.27. The molecule has 0 bridgehead atoms. The number of likely N-dealkylation sites (tertiary alicyclic amines) is 1. The van der Waals surface area contributed by atoms with Crippen molar-refractivity contribution in [2.75, 3.05) is 26.2 Å². The molecule has 1 aliphatic heterocycles. The molecule has 23 heavy (non-hydrogen) atoms.